The van der Waals surface area contributed by atoms with Crippen molar-refractivity contribution < 1.29 is 65.9 Å². The average molecular weight is 611 g/mol. The number of carbonyl (C=O) groups is 6. The van der Waals surface area contributed by atoms with Gasteiger partial charge in [-0.25, -0.2) is 19.2 Å². The van der Waals surface area contributed by atoms with Gasteiger partial charge in [0.15, 0.2) is 12.2 Å². The maximum atomic E-state index is 13.2. The van der Waals surface area contributed by atoms with E-state index in [0.29, 0.717) is 0 Å². The van der Waals surface area contributed by atoms with E-state index in [0.717, 1.165) is 0 Å². The number of nitrogens with one attached hydrogen (secondary N) is 1. The van der Waals surface area contributed by atoms with Crippen LogP contribution in [0.1, 0.15) is 25.7 Å². The molecule has 0 aromatic rings. The number of halogens is 1. The van der Waals surface area contributed by atoms with Crippen molar-refractivity contribution in [3.8, 4) is 0 Å². The molecule has 4 unspecified atom stereocenters. The number of amides is 6. The van der Waals surface area contributed by atoms with Gasteiger partial charge in [-0.1, -0.05) is 24.3 Å². The number of nitrogens with two attached hydrogens (primary N) is 4. The third-order valence-corrected chi connectivity index (χ3v) is 4.99. The molecule has 0 aromatic carbocycles. The van der Waals surface area contributed by atoms with E-state index in [2.05, 4.69) is 27.7 Å². The van der Waals surface area contributed by atoms with Crippen LogP contribution in [-0.2, 0) is 46.7 Å². The third-order valence-electron chi connectivity index (χ3n) is 4.99. The van der Waals surface area contributed by atoms with Gasteiger partial charge >= 0.3 is 52.1 Å². The van der Waals surface area contributed by atoms with Crippen molar-refractivity contribution in [2.24, 2.45) is 22.9 Å². The fraction of sp³-hybridized carbons (Fsp3) is 0.444. The first kappa shape index (κ1) is 29.7. The van der Waals surface area contributed by atoms with Gasteiger partial charge in [0.05, 0.1) is 0 Å². The number of imide groups is 1. The van der Waals surface area contributed by atoms with Crippen molar-refractivity contribution in [2.75, 3.05) is 0 Å². The number of carbonyl (C=O) groups excluding carboxylic acids is 6. The average Bonchev–Trinajstić information content (AvgIpc) is 2.76. The van der Waals surface area contributed by atoms with Gasteiger partial charge in [-0.3, -0.25) is 14.9 Å². The van der Waals surface area contributed by atoms with Crippen LogP contribution in [0.2, 0.25) is 0 Å². The Balaban J connectivity index is 0.00000298. The molecule has 0 saturated heterocycles. The number of hydrogen-bond donors (Lipinski definition) is 5. The second-order valence-corrected chi connectivity index (χ2v) is 7.08. The molecule has 197 valence electrons. The number of hydrogen-bond acceptors (Lipinski definition) is 10. The summed E-state index contributed by atoms with van der Waals surface area (Å²) in [6, 6.07) is 0. The molecule has 17 heteroatoms. The minimum atomic E-state index is -2.29. The Labute approximate surface area is 213 Å². The zero-order valence-corrected chi connectivity index (χ0v) is 20.2. The van der Waals surface area contributed by atoms with Gasteiger partial charge in [0.1, 0.15) is 0 Å². The van der Waals surface area contributed by atoms with E-state index >= 15 is 0 Å². The van der Waals surface area contributed by atoms with Crippen LogP contribution >= 0.6 is 9.53 Å². The minimum absolute atomic E-state index is 0.114. The Morgan fingerprint density at radius 1 is 0.686 bits per heavy atom. The van der Waals surface area contributed by atoms with Crippen LogP contribution in [0.4, 0.5) is 19.2 Å². The van der Waals surface area contributed by atoms with Crippen molar-refractivity contribution >= 4 is 45.7 Å². The number of primary amides is 4. The van der Waals surface area contributed by atoms with Gasteiger partial charge in [-0.15, -0.1) is 0 Å². The van der Waals surface area contributed by atoms with Crippen molar-refractivity contribution in [3.05, 3.63) is 24.3 Å². The molecule has 0 spiro atoms. The van der Waals surface area contributed by atoms with E-state index in [1.807, 2.05) is 5.32 Å². The zero-order chi connectivity index (χ0) is 26.8. The molecule has 0 bridgehead atoms. The summed E-state index contributed by atoms with van der Waals surface area (Å²) in [6.07, 6.45) is -3.33. The fourth-order valence-electron chi connectivity index (χ4n) is 3.63. The number of rotatable bonds is 6. The summed E-state index contributed by atoms with van der Waals surface area (Å²) in [4.78, 5) is 72.1. The van der Waals surface area contributed by atoms with E-state index < -0.39 is 59.6 Å². The molecule has 0 saturated carbocycles. The predicted molar refractivity (Wildman–Crippen MR) is 111 cm³/mol. The van der Waals surface area contributed by atoms with E-state index in [9.17, 15) is 28.8 Å². The van der Waals surface area contributed by atoms with E-state index in [-0.39, 0.29) is 25.7 Å². The van der Waals surface area contributed by atoms with E-state index in [1.165, 1.54) is 24.3 Å². The van der Waals surface area contributed by atoms with Crippen LogP contribution in [0.25, 0.3) is 0 Å². The van der Waals surface area contributed by atoms with Crippen molar-refractivity contribution in [1.82, 2.24) is 5.32 Å². The first-order valence-electron chi connectivity index (χ1n) is 9.60. The Morgan fingerprint density at radius 3 is 1.31 bits per heavy atom. The molecule has 0 heterocycles. The Bertz CT molecular complexity index is 859. The quantitative estimate of drug-likeness (QED) is 0.113. The summed E-state index contributed by atoms with van der Waals surface area (Å²) in [5.41, 5.74) is 15.7. The Kier molecular flexibility index (Phi) is 11.0. The van der Waals surface area contributed by atoms with E-state index in [1.54, 1.807) is 0 Å². The maximum absolute atomic E-state index is 13.2. The Morgan fingerprint density at radius 2 is 1.03 bits per heavy atom. The molecule has 0 aromatic heterocycles. The van der Waals surface area contributed by atoms with Gasteiger partial charge in [0.2, 0.25) is 11.2 Å². The van der Waals surface area contributed by atoms with Gasteiger partial charge in [-0.2, -0.15) is 0 Å². The summed E-state index contributed by atoms with van der Waals surface area (Å²) in [5.74, 6) is -2.55. The zero-order valence-electron chi connectivity index (χ0n) is 17.9. The van der Waals surface area contributed by atoms with Gasteiger partial charge in [0, 0.05) is 25.7 Å². The molecule has 6 amide bonds. The molecule has 2 aliphatic carbocycles. The van der Waals surface area contributed by atoms with E-state index in [4.69, 9.17) is 41.9 Å². The van der Waals surface area contributed by atoms with Crippen LogP contribution in [0, 0.1) is 0 Å². The molecular weight excluding hydrogens is 588 g/mol. The molecule has 9 N–H and O–H groups in total. The Hall–Kier alpha value is -3.35. The SMILES string of the molecule is NC(=O)OC1CC=CCC1(OC(N)=O)C(=O)NC(=O)C1(OC(N)=O)CC=CCC1OC(N)=O.[Cl][Pd]. The molecular formula is C18H23ClN5O10Pd. The van der Waals surface area contributed by atoms with Gasteiger partial charge < -0.3 is 41.9 Å². The van der Waals surface area contributed by atoms with Crippen molar-refractivity contribution in [3.63, 3.8) is 0 Å². The third kappa shape index (κ3) is 7.31. The second kappa shape index (κ2) is 12.9. The molecule has 15 nitrogen and oxygen atoms in total. The van der Waals surface area contributed by atoms with Crippen LogP contribution in [0.15, 0.2) is 24.3 Å². The second-order valence-electron chi connectivity index (χ2n) is 7.08. The van der Waals surface area contributed by atoms with Crippen molar-refractivity contribution in [1.29, 1.82) is 0 Å². The van der Waals surface area contributed by atoms with Gasteiger partial charge in [-0.05, 0) is 0 Å². The summed E-state index contributed by atoms with van der Waals surface area (Å²) >= 11 is 2.22. The topological polar surface area (TPSA) is 255 Å². The molecule has 2 rings (SSSR count). The predicted octanol–water partition coefficient (Wildman–Crippen LogP) is -0.388. The molecule has 0 fully saturated rings. The van der Waals surface area contributed by atoms with Gasteiger partial charge in [0.25, 0.3) is 11.8 Å². The standard InChI is InChI=1S/C18H23N5O10.ClH.Pd/c19-13(26)30-9-5-1-3-7-17(9,32-15(21)28)11(24)23-12(25)18(33-16(22)29)8-4-2-6-10(18)31-14(20)27;;/h1-4,9-10H,5-8H2,(H2,19,26)(H2,20,27)(H2,21,28)(H2,22,29)(H,23,24,25);1H;/q;;+1/p-1. The van der Waals surface area contributed by atoms with Crippen LogP contribution in [0.5, 0.6) is 0 Å². The molecule has 35 heavy (non-hydrogen) atoms. The molecule has 0 aliphatic heterocycles. The summed E-state index contributed by atoms with van der Waals surface area (Å²) in [5, 5.41) is 1.94. The van der Waals surface area contributed by atoms with Crippen LogP contribution in [0.3, 0.4) is 0 Å². The van der Waals surface area contributed by atoms with Crippen LogP contribution < -0.4 is 28.3 Å². The monoisotopic (exact) mass is 610 g/mol. The molecule has 2 aliphatic rings. The number of ether oxygens (including phenoxy) is 4. The normalized spacial score (nSPS) is 26.7. The fourth-order valence-corrected chi connectivity index (χ4v) is 3.63. The summed E-state index contributed by atoms with van der Waals surface area (Å²) in [6.45, 7) is 0. The van der Waals surface area contributed by atoms with Crippen LogP contribution in [-0.4, -0.2) is 59.6 Å². The first-order chi connectivity index (χ1) is 16.4. The first-order valence-corrected chi connectivity index (χ1v) is 11.6. The molecule has 0 radical (unpaired) electrons. The summed E-state index contributed by atoms with van der Waals surface area (Å²) in [7, 11) is 4.49. The summed E-state index contributed by atoms with van der Waals surface area (Å²) < 4.78 is 19.8. The van der Waals surface area contributed by atoms with Crippen molar-refractivity contribution in [2.45, 2.75) is 49.1 Å². The molecule has 4 atom stereocenters.